The van der Waals surface area contributed by atoms with E-state index in [9.17, 15) is 0 Å². The van der Waals surface area contributed by atoms with E-state index in [1.165, 1.54) is 87.3 Å². The van der Waals surface area contributed by atoms with E-state index in [2.05, 4.69) is 59.3 Å². The van der Waals surface area contributed by atoms with Gasteiger partial charge in [-0.3, -0.25) is 0 Å². The van der Waals surface area contributed by atoms with Crippen LogP contribution in [0.5, 0.6) is 0 Å². The Labute approximate surface area is 224 Å². The molecule has 16 rings (SSSR count). The number of allylic oxidation sites excluding steroid dienone is 4. The van der Waals surface area contributed by atoms with E-state index in [1.54, 1.807) is 54.2 Å². The highest BCUT2D eigenvalue weighted by Crippen LogP contribution is 2.73. The highest BCUT2D eigenvalue weighted by Gasteiger charge is 2.59. The van der Waals surface area contributed by atoms with Gasteiger partial charge in [0.1, 0.15) is 0 Å². The average molecular weight is 491 g/mol. The summed E-state index contributed by atoms with van der Waals surface area (Å²) in [6.45, 7) is 0. The van der Waals surface area contributed by atoms with Crippen LogP contribution in [0.3, 0.4) is 0 Å². The minimum atomic E-state index is 0.368. The summed E-state index contributed by atoms with van der Waals surface area (Å²) in [7, 11) is 0. The van der Waals surface area contributed by atoms with E-state index in [0.29, 0.717) is 23.7 Å². The number of rotatable bonds is 0. The molecule has 0 nitrogen and oxygen atoms in total. The highest BCUT2D eigenvalue weighted by atomic mass is 14.6. The first kappa shape index (κ1) is 16.2. The Morgan fingerprint density at radius 2 is 0.750 bits per heavy atom. The molecule has 1 fully saturated rings. The number of benzene rings is 6. The van der Waals surface area contributed by atoms with Crippen molar-refractivity contribution in [1.82, 2.24) is 0 Å². The molecule has 4 atom stereocenters. The van der Waals surface area contributed by atoms with E-state index in [-0.39, 0.29) is 0 Å². The molecule has 0 spiro atoms. The standard InChI is InChI=1S/C40H10/c1-2-12-14-5-6-16-18-9-10-20-19-8-7-17-15-4-3-13-11(1)21-22(12)32-24(14)26(16)34-29(18)30(20)35-28(19)27(17)33-25(15)23(13)31(21)36-37(32)39(34)40(35)38(33)36/h1-6,27-30H. The van der Waals surface area contributed by atoms with Gasteiger partial charge in [-0.1, -0.05) is 59.3 Å². The molecule has 0 bridgehead atoms. The normalized spacial score (nSPS) is 26.8. The van der Waals surface area contributed by atoms with Gasteiger partial charge in [-0.15, -0.1) is 0 Å². The molecule has 1 saturated carbocycles. The second-order valence-electron chi connectivity index (χ2n) is 13.7. The van der Waals surface area contributed by atoms with Crippen LogP contribution < -0.4 is 5.22 Å². The molecule has 0 heterocycles. The van der Waals surface area contributed by atoms with Gasteiger partial charge in [0.25, 0.3) is 0 Å². The van der Waals surface area contributed by atoms with Gasteiger partial charge in [0.05, 0.1) is 0 Å². The fourth-order valence-corrected chi connectivity index (χ4v) is 12.3. The fourth-order valence-electron chi connectivity index (χ4n) is 12.3. The molecule has 0 amide bonds. The maximum absolute atomic E-state index is 3.78. The van der Waals surface area contributed by atoms with Gasteiger partial charge < -0.3 is 0 Å². The van der Waals surface area contributed by atoms with Crippen LogP contribution in [-0.4, -0.2) is 0 Å². The van der Waals surface area contributed by atoms with Crippen molar-refractivity contribution in [2.45, 2.75) is 11.8 Å². The summed E-state index contributed by atoms with van der Waals surface area (Å²) in [4.78, 5) is 0. The second kappa shape index (κ2) is 4.09. The molecule has 7 aliphatic rings. The van der Waals surface area contributed by atoms with Crippen molar-refractivity contribution in [3.8, 4) is 0 Å². The third kappa shape index (κ3) is 1.04. The Morgan fingerprint density at radius 3 is 1.25 bits per heavy atom. The Kier molecular flexibility index (Phi) is 1.65. The predicted octanol–water partition coefficient (Wildman–Crippen LogP) is 8.59. The van der Waals surface area contributed by atoms with E-state index >= 15 is 0 Å². The van der Waals surface area contributed by atoms with Crippen LogP contribution in [-0.2, 0) is 0 Å². The summed E-state index contributed by atoms with van der Waals surface area (Å²) in [5.74, 6) is 1.49. The summed E-state index contributed by atoms with van der Waals surface area (Å²) in [5.41, 5.74) is 28.4. The smallest absolute Gasteiger partial charge is 0.0301 e. The Hall–Kier alpha value is -5.04. The SMILES string of the molecule is C1=C=C2c3ccc4c5ccc6c7ccc8c9c%10c%11c%12c%13c(c3c4c3c%13c%11c(c97)c6c53)C2C2C=1C1=C=C=C8C%10C1C=%122. The zero-order valence-electron chi connectivity index (χ0n) is 20.8. The summed E-state index contributed by atoms with van der Waals surface area (Å²) in [5, 5.41) is 26.1. The molecule has 9 aromatic rings. The van der Waals surface area contributed by atoms with E-state index in [0.717, 1.165) is 0 Å². The van der Waals surface area contributed by atoms with Crippen LogP contribution in [0.4, 0.5) is 0 Å². The monoisotopic (exact) mass is 490 g/mol. The molecular formula is C40H10. The van der Waals surface area contributed by atoms with Crippen LogP contribution in [0.1, 0.15) is 34.1 Å². The van der Waals surface area contributed by atoms with Crippen LogP contribution in [0.15, 0.2) is 70.5 Å². The van der Waals surface area contributed by atoms with Gasteiger partial charge in [0.15, 0.2) is 0 Å². The van der Waals surface area contributed by atoms with E-state index in [1.807, 2.05) is 0 Å². The third-order valence-corrected chi connectivity index (χ3v) is 13.0. The van der Waals surface area contributed by atoms with Crippen molar-refractivity contribution >= 4 is 103 Å². The van der Waals surface area contributed by atoms with Crippen LogP contribution in [0.25, 0.3) is 103 Å². The predicted molar refractivity (Wildman–Crippen MR) is 161 cm³/mol. The van der Waals surface area contributed by atoms with E-state index in [4.69, 9.17) is 0 Å². The maximum atomic E-state index is 3.78. The highest BCUT2D eigenvalue weighted by molar-refractivity contribution is 6.57. The second-order valence-corrected chi connectivity index (χ2v) is 13.7. The van der Waals surface area contributed by atoms with Gasteiger partial charge >= 0.3 is 0 Å². The largest absolute Gasteiger partial charge is 0.0650 e. The van der Waals surface area contributed by atoms with Crippen LogP contribution in [0, 0.1) is 11.8 Å². The average Bonchev–Trinajstić information content (AvgIpc) is 3.79. The summed E-state index contributed by atoms with van der Waals surface area (Å²) >= 11 is 0. The lowest BCUT2D eigenvalue weighted by Crippen LogP contribution is -2.30. The Balaban J connectivity index is 1.51. The molecule has 0 heteroatoms. The molecule has 0 radical (unpaired) electrons. The molecule has 0 saturated heterocycles. The van der Waals surface area contributed by atoms with Crippen molar-refractivity contribution in [3.05, 3.63) is 97.9 Å². The lowest BCUT2D eigenvalue weighted by atomic mass is 9.67. The number of fused-ring (bicyclic) bond motifs is 5. The molecule has 9 aromatic carbocycles. The first-order valence-electron chi connectivity index (χ1n) is 14.7. The van der Waals surface area contributed by atoms with Gasteiger partial charge in [-0.25, -0.2) is 0 Å². The maximum Gasteiger partial charge on any atom is 0.0301 e. The van der Waals surface area contributed by atoms with E-state index < -0.39 is 0 Å². The molecule has 170 valence electrons. The molecule has 0 aromatic heterocycles. The summed E-state index contributed by atoms with van der Waals surface area (Å²) in [6, 6.07) is 14.6. The summed E-state index contributed by atoms with van der Waals surface area (Å²) in [6.07, 6.45) is 0. The lowest BCUT2D eigenvalue weighted by Gasteiger charge is -2.33. The van der Waals surface area contributed by atoms with Crippen molar-refractivity contribution in [1.29, 1.82) is 0 Å². The van der Waals surface area contributed by atoms with Gasteiger partial charge in [-0.05, 0) is 119 Å². The zero-order valence-corrected chi connectivity index (χ0v) is 20.8. The molecular weight excluding hydrogens is 480 g/mol. The number of hydrogen-bond acceptors (Lipinski definition) is 0. The van der Waals surface area contributed by atoms with Crippen molar-refractivity contribution in [2.75, 3.05) is 0 Å². The molecule has 4 unspecified atom stereocenters. The van der Waals surface area contributed by atoms with Gasteiger partial charge in [-0.2, -0.15) is 0 Å². The first-order valence-corrected chi connectivity index (χ1v) is 14.7. The molecule has 0 aliphatic heterocycles. The summed E-state index contributed by atoms with van der Waals surface area (Å²) < 4.78 is 0. The first-order chi connectivity index (χ1) is 19.9. The topological polar surface area (TPSA) is 0 Å². The molecule has 7 aliphatic carbocycles. The number of hydrogen-bond donors (Lipinski definition) is 0. The minimum absolute atomic E-state index is 0.368. The van der Waals surface area contributed by atoms with Crippen LogP contribution in [0.2, 0.25) is 0 Å². The molecule has 0 N–H and O–H groups in total. The minimum Gasteiger partial charge on any atom is -0.0650 e. The van der Waals surface area contributed by atoms with Gasteiger partial charge in [0, 0.05) is 46.0 Å². The van der Waals surface area contributed by atoms with Crippen molar-refractivity contribution in [2.24, 2.45) is 11.8 Å². The third-order valence-electron chi connectivity index (χ3n) is 13.0. The van der Waals surface area contributed by atoms with Gasteiger partial charge in [0.2, 0.25) is 0 Å². The quantitative estimate of drug-likeness (QED) is 0.147. The van der Waals surface area contributed by atoms with Crippen molar-refractivity contribution < 1.29 is 0 Å². The lowest BCUT2D eigenvalue weighted by molar-refractivity contribution is 0.682. The fraction of sp³-hybridized carbons (Fsp3) is 0.100. The van der Waals surface area contributed by atoms with Crippen molar-refractivity contribution in [3.63, 3.8) is 0 Å². The Morgan fingerprint density at radius 1 is 0.350 bits per heavy atom. The molecule has 40 heavy (non-hydrogen) atoms. The van der Waals surface area contributed by atoms with Crippen LogP contribution >= 0.6 is 0 Å². The Bertz CT molecular complexity index is 3070. The zero-order chi connectivity index (χ0) is 24.4.